The summed E-state index contributed by atoms with van der Waals surface area (Å²) in [6.07, 6.45) is 52.4. The number of unbranched alkanes of at least 4 members (excludes halogenated alkanes) is 24. The molecule has 0 aromatic heterocycles. The van der Waals surface area contributed by atoms with Gasteiger partial charge >= 0.3 is 5.97 Å². The van der Waals surface area contributed by atoms with Crippen LogP contribution in [-0.4, -0.2) is 47.4 Å². The third-order valence-corrected chi connectivity index (χ3v) is 10.1. The highest BCUT2D eigenvalue weighted by Crippen LogP contribution is 2.13. The van der Waals surface area contributed by atoms with Crippen LogP contribution in [0.4, 0.5) is 0 Å². The van der Waals surface area contributed by atoms with Gasteiger partial charge in [0.1, 0.15) is 0 Å². The fraction of sp³-hybridized carbons (Fsp3) is 0.792. The Morgan fingerprint density at radius 3 is 1.50 bits per heavy atom. The summed E-state index contributed by atoms with van der Waals surface area (Å²) in [4.78, 5) is 24.3. The molecular formula is C48H87NO5. The molecule has 0 spiro atoms. The van der Waals surface area contributed by atoms with E-state index in [-0.39, 0.29) is 18.5 Å². The first-order valence-electron chi connectivity index (χ1n) is 22.9. The van der Waals surface area contributed by atoms with Crippen LogP contribution in [0.1, 0.15) is 219 Å². The Labute approximate surface area is 334 Å². The average Bonchev–Trinajstić information content (AvgIpc) is 3.17. The number of hydrogen-bond donors (Lipinski definition) is 3. The lowest BCUT2D eigenvalue weighted by molar-refractivity contribution is -0.143. The number of amides is 1. The third-order valence-electron chi connectivity index (χ3n) is 10.1. The number of carbonyl (C=O) groups is 2. The molecule has 6 nitrogen and oxygen atoms in total. The van der Waals surface area contributed by atoms with Gasteiger partial charge in [0, 0.05) is 12.8 Å². The second kappa shape index (κ2) is 43.5. The molecule has 0 rings (SSSR count). The molecule has 0 aliphatic carbocycles. The minimum atomic E-state index is -0.860. The molecule has 0 radical (unpaired) electrons. The lowest BCUT2D eigenvalue weighted by atomic mass is 10.1. The van der Waals surface area contributed by atoms with Gasteiger partial charge in [-0.2, -0.15) is 0 Å². The van der Waals surface area contributed by atoms with E-state index in [1.54, 1.807) is 6.08 Å². The first-order valence-corrected chi connectivity index (χ1v) is 22.9. The maximum absolute atomic E-state index is 12.3. The van der Waals surface area contributed by atoms with E-state index in [0.29, 0.717) is 19.4 Å². The zero-order valence-corrected chi connectivity index (χ0v) is 35.4. The van der Waals surface area contributed by atoms with Crippen LogP contribution in [0.25, 0.3) is 0 Å². The topological polar surface area (TPSA) is 95.9 Å². The molecule has 314 valence electrons. The number of aliphatic hydroxyl groups excluding tert-OH is 2. The average molecular weight is 758 g/mol. The summed E-state index contributed by atoms with van der Waals surface area (Å²) in [7, 11) is 0. The molecule has 0 saturated carbocycles. The van der Waals surface area contributed by atoms with Crippen molar-refractivity contribution in [3.63, 3.8) is 0 Å². The number of nitrogens with one attached hydrogen (secondary N) is 1. The number of ether oxygens (including phenoxy) is 1. The Balaban J connectivity index is 3.55. The molecule has 2 atom stereocenters. The van der Waals surface area contributed by atoms with Gasteiger partial charge in [0.15, 0.2) is 0 Å². The number of allylic oxidation sites excluding steroid dienone is 7. The van der Waals surface area contributed by atoms with Gasteiger partial charge in [-0.1, -0.05) is 172 Å². The lowest BCUT2D eigenvalue weighted by Gasteiger charge is -2.19. The first-order chi connectivity index (χ1) is 26.5. The summed E-state index contributed by atoms with van der Waals surface area (Å²) in [5.41, 5.74) is 0. The Morgan fingerprint density at radius 1 is 0.519 bits per heavy atom. The van der Waals surface area contributed by atoms with Crippen molar-refractivity contribution in [1.82, 2.24) is 5.32 Å². The summed E-state index contributed by atoms with van der Waals surface area (Å²) < 4.78 is 5.43. The van der Waals surface area contributed by atoms with E-state index >= 15 is 0 Å². The maximum Gasteiger partial charge on any atom is 0.305 e. The molecule has 0 aliphatic rings. The van der Waals surface area contributed by atoms with E-state index in [1.807, 2.05) is 6.08 Å². The molecule has 2 unspecified atom stereocenters. The fourth-order valence-electron chi connectivity index (χ4n) is 6.46. The highest BCUT2D eigenvalue weighted by Gasteiger charge is 2.17. The van der Waals surface area contributed by atoms with Crippen molar-refractivity contribution in [2.75, 3.05) is 13.2 Å². The third kappa shape index (κ3) is 39.5. The van der Waals surface area contributed by atoms with E-state index < -0.39 is 12.1 Å². The summed E-state index contributed by atoms with van der Waals surface area (Å²) >= 11 is 0. The van der Waals surface area contributed by atoms with Gasteiger partial charge < -0.3 is 20.3 Å². The smallest absolute Gasteiger partial charge is 0.305 e. The number of rotatable bonds is 41. The molecule has 0 heterocycles. The van der Waals surface area contributed by atoms with Gasteiger partial charge in [0.05, 0.1) is 25.4 Å². The molecule has 54 heavy (non-hydrogen) atoms. The monoisotopic (exact) mass is 758 g/mol. The first kappa shape index (κ1) is 51.8. The normalized spacial score (nSPS) is 13.2. The molecule has 6 heteroatoms. The van der Waals surface area contributed by atoms with Gasteiger partial charge in [0.25, 0.3) is 0 Å². The molecule has 1 amide bonds. The highest BCUT2D eigenvalue weighted by atomic mass is 16.5. The highest BCUT2D eigenvalue weighted by molar-refractivity contribution is 5.76. The van der Waals surface area contributed by atoms with Crippen molar-refractivity contribution in [2.24, 2.45) is 0 Å². The molecular weight excluding hydrogens is 671 g/mol. The molecule has 0 aromatic carbocycles. The van der Waals surface area contributed by atoms with Gasteiger partial charge in [0.2, 0.25) is 5.91 Å². The van der Waals surface area contributed by atoms with Crippen molar-refractivity contribution in [2.45, 2.75) is 231 Å². The summed E-state index contributed by atoms with van der Waals surface area (Å²) in [6, 6.07) is -0.647. The molecule has 0 bridgehead atoms. The van der Waals surface area contributed by atoms with E-state index in [2.05, 4.69) is 55.6 Å². The van der Waals surface area contributed by atoms with Crippen molar-refractivity contribution >= 4 is 11.9 Å². The summed E-state index contributed by atoms with van der Waals surface area (Å²) in [5.74, 6) is -0.133. The second-order valence-corrected chi connectivity index (χ2v) is 15.4. The predicted molar refractivity (Wildman–Crippen MR) is 232 cm³/mol. The van der Waals surface area contributed by atoms with Gasteiger partial charge in [-0.05, 0) is 83.5 Å². The van der Waals surface area contributed by atoms with Gasteiger partial charge in [-0.15, -0.1) is 0 Å². The number of aliphatic hydroxyl groups is 2. The number of hydrogen-bond acceptors (Lipinski definition) is 5. The molecule has 0 fully saturated rings. The number of carbonyl (C=O) groups excluding carboxylic acids is 2. The Morgan fingerprint density at radius 2 is 0.944 bits per heavy atom. The minimum Gasteiger partial charge on any atom is -0.466 e. The van der Waals surface area contributed by atoms with Crippen LogP contribution in [0.15, 0.2) is 48.6 Å². The fourth-order valence-corrected chi connectivity index (χ4v) is 6.46. The molecule has 0 saturated heterocycles. The van der Waals surface area contributed by atoms with Crippen LogP contribution in [0.2, 0.25) is 0 Å². The quantitative estimate of drug-likeness (QED) is 0.0328. The zero-order chi connectivity index (χ0) is 39.4. The second-order valence-electron chi connectivity index (χ2n) is 15.4. The largest absolute Gasteiger partial charge is 0.466 e. The minimum absolute atomic E-state index is 0.0304. The van der Waals surface area contributed by atoms with E-state index in [1.165, 1.54) is 109 Å². The van der Waals surface area contributed by atoms with Gasteiger partial charge in [-0.3, -0.25) is 9.59 Å². The van der Waals surface area contributed by atoms with Crippen LogP contribution in [0.5, 0.6) is 0 Å². The van der Waals surface area contributed by atoms with Crippen LogP contribution in [0, 0.1) is 0 Å². The summed E-state index contributed by atoms with van der Waals surface area (Å²) in [5, 5.41) is 22.9. The lowest BCUT2D eigenvalue weighted by Crippen LogP contribution is -2.45. The van der Waals surface area contributed by atoms with Crippen molar-refractivity contribution in [3.05, 3.63) is 48.6 Å². The van der Waals surface area contributed by atoms with Crippen LogP contribution >= 0.6 is 0 Å². The molecule has 0 aliphatic heterocycles. The zero-order valence-electron chi connectivity index (χ0n) is 35.4. The SMILES string of the molecule is CCCC/C=C\C/C=C\CCCCCCCC(=O)OCCCCCCCC/C=C\CCCCCC(=O)NC(CO)C(O)/C=C/CCCCCCCCCC. The maximum atomic E-state index is 12.3. The molecule has 0 aromatic rings. The van der Waals surface area contributed by atoms with Crippen molar-refractivity contribution in [3.8, 4) is 0 Å². The Bertz CT molecular complexity index is 926. The van der Waals surface area contributed by atoms with E-state index in [4.69, 9.17) is 4.74 Å². The number of esters is 1. The van der Waals surface area contributed by atoms with Crippen molar-refractivity contribution < 1.29 is 24.5 Å². The Hall–Kier alpha value is -2.18. The van der Waals surface area contributed by atoms with Gasteiger partial charge in [-0.25, -0.2) is 0 Å². The predicted octanol–water partition coefficient (Wildman–Crippen LogP) is 13.1. The van der Waals surface area contributed by atoms with E-state index in [0.717, 1.165) is 83.5 Å². The Kier molecular flexibility index (Phi) is 41.8. The van der Waals surface area contributed by atoms with Crippen LogP contribution in [0.3, 0.4) is 0 Å². The molecule has 3 N–H and O–H groups in total. The summed E-state index contributed by atoms with van der Waals surface area (Å²) in [6.45, 7) is 4.77. The van der Waals surface area contributed by atoms with Crippen molar-refractivity contribution in [1.29, 1.82) is 0 Å². The van der Waals surface area contributed by atoms with Crippen LogP contribution < -0.4 is 5.32 Å². The van der Waals surface area contributed by atoms with E-state index in [9.17, 15) is 19.8 Å². The van der Waals surface area contributed by atoms with Crippen LogP contribution in [-0.2, 0) is 14.3 Å². The standard InChI is InChI=1S/C48H87NO5/c1-3-5-7-9-11-13-15-16-19-22-26-30-34-38-42-48(53)54-43-39-35-31-27-23-20-17-18-21-25-29-33-37-41-47(52)49-45(44-50)46(51)40-36-32-28-24-14-12-10-8-6-4-2/h9,11,15-16,18,21,36,40,45-46,50-51H,3-8,10,12-14,17,19-20,22-35,37-39,41-44H2,1-2H3,(H,49,52)/b11-9-,16-15-,21-18-,40-36+.